The van der Waals surface area contributed by atoms with Crippen molar-refractivity contribution in [2.45, 2.75) is 44.8 Å². The summed E-state index contributed by atoms with van der Waals surface area (Å²) in [6.45, 7) is 6.41. The van der Waals surface area contributed by atoms with Crippen LogP contribution in [0.1, 0.15) is 30.9 Å². The highest BCUT2D eigenvalue weighted by molar-refractivity contribution is 5.17. The number of ether oxygens (including phenoxy) is 1. The van der Waals surface area contributed by atoms with Gasteiger partial charge in [0.15, 0.2) is 0 Å². The van der Waals surface area contributed by atoms with Crippen LogP contribution in [0, 0.1) is 5.92 Å². The fourth-order valence-corrected chi connectivity index (χ4v) is 4.52. The monoisotopic (exact) mass is 381 g/mol. The van der Waals surface area contributed by atoms with Gasteiger partial charge < -0.3 is 4.74 Å². The second-order valence-corrected chi connectivity index (χ2v) is 8.21. The number of benzene rings is 1. The molecular formula is C24H35N3O. The predicted molar refractivity (Wildman–Crippen MR) is 115 cm³/mol. The molecule has 1 aliphatic rings. The van der Waals surface area contributed by atoms with Gasteiger partial charge in [-0.15, -0.1) is 0 Å². The Morgan fingerprint density at radius 2 is 1.75 bits per heavy atom. The van der Waals surface area contributed by atoms with Crippen molar-refractivity contribution in [3.8, 4) is 0 Å². The van der Waals surface area contributed by atoms with Gasteiger partial charge in [-0.2, -0.15) is 0 Å². The third-order valence-electron chi connectivity index (χ3n) is 6.18. The van der Waals surface area contributed by atoms with E-state index in [0.717, 1.165) is 25.5 Å². The molecule has 0 unspecified atom stereocenters. The minimum Gasteiger partial charge on any atom is -0.383 e. The minimum atomic E-state index is 0.507. The number of nitrogens with zero attached hydrogens (tertiary/aromatic N) is 3. The molecule has 0 bridgehead atoms. The van der Waals surface area contributed by atoms with Crippen molar-refractivity contribution < 1.29 is 4.74 Å². The summed E-state index contributed by atoms with van der Waals surface area (Å²) in [4.78, 5) is 9.30. The lowest BCUT2D eigenvalue weighted by Crippen LogP contribution is -2.47. The molecule has 0 spiro atoms. The Labute approximate surface area is 170 Å². The smallest absolute Gasteiger partial charge is 0.0615 e. The van der Waals surface area contributed by atoms with E-state index < -0.39 is 0 Å². The fourth-order valence-electron chi connectivity index (χ4n) is 4.52. The first-order valence-corrected chi connectivity index (χ1v) is 10.5. The Morgan fingerprint density at radius 1 is 1.07 bits per heavy atom. The molecule has 0 amide bonds. The molecule has 0 saturated carbocycles. The van der Waals surface area contributed by atoms with Crippen molar-refractivity contribution in [2.75, 3.05) is 33.9 Å². The topological polar surface area (TPSA) is 28.6 Å². The first kappa shape index (κ1) is 21.0. The molecule has 2 aromatic rings. The summed E-state index contributed by atoms with van der Waals surface area (Å²) < 4.78 is 5.36. The number of pyridine rings is 1. The highest BCUT2D eigenvalue weighted by Crippen LogP contribution is 2.28. The Bertz CT molecular complexity index is 671. The van der Waals surface area contributed by atoms with Crippen LogP contribution in [-0.4, -0.2) is 60.7 Å². The number of likely N-dealkylation sites (N-methyl/N-ethyl adjacent to an activating group) is 1. The van der Waals surface area contributed by atoms with Gasteiger partial charge in [0.25, 0.3) is 0 Å². The SMILES string of the molecule is COC[C@@H](C)N1CCC([C@@H](Cc2ccccc2)N(C)Cc2ccncc2)CC1. The van der Waals surface area contributed by atoms with E-state index >= 15 is 0 Å². The zero-order chi connectivity index (χ0) is 19.8. The van der Waals surface area contributed by atoms with E-state index in [4.69, 9.17) is 4.74 Å². The molecule has 28 heavy (non-hydrogen) atoms. The molecular weight excluding hydrogens is 346 g/mol. The van der Waals surface area contributed by atoms with E-state index in [1.807, 2.05) is 12.4 Å². The van der Waals surface area contributed by atoms with Crippen LogP contribution in [0.15, 0.2) is 54.9 Å². The van der Waals surface area contributed by atoms with Gasteiger partial charge in [-0.05, 0) is 75.5 Å². The van der Waals surface area contributed by atoms with E-state index in [9.17, 15) is 0 Å². The van der Waals surface area contributed by atoms with E-state index in [-0.39, 0.29) is 0 Å². The van der Waals surface area contributed by atoms with Crippen LogP contribution in [0.3, 0.4) is 0 Å². The number of aromatic nitrogens is 1. The van der Waals surface area contributed by atoms with Gasteiger partial charge in [0.2, 0.25) is 0 Å². The standard InChI is InChI=1S/C24H35N3O/c1-20(19-28-3)27-15-11-23(12-16-27)24(17-21-7-5-4-6-8-21)26(2)18-22-9-13-25-14-10-22/h4-10,13-14,20,23-24H,11-12,15-19H2,1-3H3/t20-,24-/m1/s1. The molecule has 2 atom stereocenters. The van der Waals surface area contributed by atoms with Crippen molar-refractivity contribution >= 4 is 0 Å². The molecule has 3 rings (SSSR count). The lowest BCUT2D eigenvalue weighted by atomic mass is 9.84. The zero-order valence-electron chi connectivity index (χ0n) is 17.6. The van der Waals surface area contributed by atoms with Crippen molar-refractivity contribution in [1.29, 1.82) is 0 Å². The van der Waals surface area contributed by atoms with E-state index in [1.165, 1.54) is 37.1 Å². The van der Waals surface area contributed by atoms with E-state index in [1.54, 1.807) is 7.11 Å². The highest BCUT2D eigenvalue weighted by Gasteiger charge is 2.30. The first-order valence-electron chi connectivity index (χ1n) is 10.5. The van der Waals surface area contributed by atoms with Gasteiger partial charge in [-0.1, -0.05) is 30.3 Å². The average Bonchev–Trinajstić information content (AvgIpc) is 2.74. The molecule has 0 N–H and O–H groups in total. The van der Waals surface area contributed by atoms with Crippen molar-refractivity contribution in [2.24, 2.45) is 5.92 Å². The Kier molecular flexibility index (Phi) is 8.01. The second kappa shape index (κ2) is 10.7. The van der Waals surface area contributed by atoms with E-state index in [2.05, 4.69) is 71.2 Å². The maximum atomic E-state index is 5.36. The number of rotatable bonds is 9. The summed E-state index contributed by atoms with van der Waals surface area (Å²) in [5.74, 6) is 0.720. The van der Waals surface area contributed by atoms with Crippen molar-refractivity contribution in [3.05, 3.63) is 66.0 Å². The van der Waals surface area contributed by atoms with Gasteiger partial charge in [-0.3, -0.25) is 14.8 Å². The van der Waals surface area contributed by atoms with Gasteiger partial charge in [-0.25, -0.2) is 0 Å². The lowest BCUT2D eigenvalue weighted by Gasteiger charge is -2.42. The molecule has 1 saturated heterocycles. The third-order valence-corrected chi connectivity index (χ3v) is 6.18. The van der Waals surface area contributed by atoms with Crippen LogP contribution in [0.5, 0.6) is 0 Å². The number of piperidine rings is 1. The van der Waals surface area contributed by atoms with Crippen LogP contribution in [0.25, 0.3) is 0 Å². The molecule has 1 aromatic heterocycles. The van der Waals surface area contributed by atoms with Crippen LogP contribution in [0.4, 0.5) is 0 Å². The molecule has 1 fully saturated rings. The summed E-state index contributed by atoms with van der Waals surface area (Å²) in [7, 11) is 4.08. The summed E-state index contributed by atoms with van der Waals surface area (Å²) >= 11 is 0. The van der Waals surface area contributed by atoms with Crippen LogP contribution >= 0.6 is 0 Å². The maximum Gasteiger partial charge on any atom is 0.0615 e. The number of hydrogen-bond donors (Lipinski definition) is 0. The Balaban J connectivity index is 1.67. The summed E-state index contributed by atoms with van der Waals surface area (Å²) in [6.07, 6.45) is 7.41. The normalized spacial score (nSPS) is 18.3. The van der Waals surface area contributed by atoms with Crippen LogP contribution < -0.4 is 0 Å². The molecule has 4 heteroatoms. The molecule has 1 aromatic carbocycles. The average molecular weight is 382 g/mol. The summed E-state index contributed by atoms with van der Waals surface area (Å²) in [5.41, 5.74) is 2.77. The molecule has 0 radical (unpaired) electrons. The fraction of sp³-hybridized carbons (Fsp3) is 0.542. The quantitative estimate of drug-likeness (QED) is 0.659. The minimum absolute atomic E-state index is 0.507. The lowest BCUT2D eigenvalue weighted by molar-refractivity contribution is 0.0500. The summed E-state index contributed by atoms with van der Waals surface area (Å²) in [5, 5.41) is 0. The highest BCUT2D eigenvalue weighted by atomic mass is 16.5. The zero-order valence-corrected chi connectivity index (χ0v) is 17.6. The molecule has 1 aliphatic heterocycles. The van der Waals surface area contributed by atoms with Gasteiger partial charge in [0.05, 0.1) is 6.61 Å². The maximum absolute atomic E-state index is 5.36. The largest absolute Gasteiger partial charge is 0.383 e. The van der Waals surface area contributed by atoms with Crippen LogP contribution in [0.2, 0.25) is 0 Å². The Hall–Kier alpha value is -1.75. The van der Waals surface area contributed by atoms with Crippen molar-refractivity contribution in [3.63, 3.8) is 0 Å². The third kappa shape index (κ3) is 5.87. The first-order chi connectivity index (χ1) is 13.7. The molecule has 0 aliphatic carbocycles. The second-order valence-electron chi connectivity index (χ2n) is 8.21. The van der Waals surface area contributed by atoms with Gasteiger partial charge >= 0.3 is 0 Å². The predicted octanol–water partition coefficient (Wildman–Crippen LogP) is 3.87. The molecule has 2 heterocycles. The number of hydrogen-bond acceptors (Lipinski definition) is 4. The number of methoxy groups -OCH3 is 1. The van der Waals surface area contributed by atoms with Crippen molar-refractivity contribution in [1.82, 2.24) is 14.8 Å². The summed E-state index contributed by atoms with van der Waals surface area (Å²) in [6, 6.07) is 16.3. The van der Waals surface area contributed by atoms with Gasteiger partial charge in [0, 0.05) is 38.1 Å². The molecule has 4 nitrogen and oxygen atoms in total. The number of likely N-dealkylation sites (tertiary alicyclic amines) is 1. The molecule has 152 valence electrons. The van der Waals surface area contributed by atoms with E-state index in [0.29, 0.717) is 12.1 Å². The Morgan fingerprint density at radius 3 is 2.39 bits per heavy atom. The van der Waals surface area contributed by atoms with Crippen LogP contribution in [-0.2, 0) is 17.7 Å². The van der Waals surface area contributed by atoms with Gasteiger partial charge in [0.1, 0.15) is 0 Å².